The van der Waals surface area contributed by atoms with Crippen LogP contribution >= 0.6 is 0 Å². The van der Waals surface area contributed by atoms with Gasteiger partial charge in [0.25, 0.3) is 0 Å². The van der Waals surface area contributed by atoms with Crippen molar-refractivity contribution in [2.45, 2.75) is 11.1 Å². The van der Waals surface area contributed by atoms with E-state index in [1.807, 2.05) is 0 Å². The molecule has 0 unspecified atom stereocenters. The Morgan fingerprint density at radius 3 is 2.35 bits per heavy atom. The van der Waals surface area contributed by atoms with Crippen molar-refractivity contribution in [3.05, 3.63) is 23.8 Å². The molecule has 114 valence electrons. The third kappa shape index (κ3) is 4.66. The van der Waals surface area contributed by atoms with Crippen molar-refractivity contribution in [3.8, 4) is 0 Å². The number of nitrogens with one attached hydrogen (secondary N) is 1. The summed E-state index contributed by atoms with van der Waals surface area (Å²) in [5.41, 5.74) is -1.23. The topological polar surface area (TPSA) is 75.4 Å². The molecule has 1 rings (SSSR count). The molecule has 0 aliphatic rings. The van der Waals surface area contributed by atoms with Gasteiger partial charge in [-0.3, -0.25) is 0 Å². The Morgan fingerprint density at radius 2 is 1.90 bits per heavy atom. The highest BCUT2D eigenvalue weighted by molar-refractivity contribution is 7.89. The van der Waals surface area contributed by atoms with E-state index in [4.69, 9.17) is 5.14 Å². The van der Waals surface area contributed by atoms with E-state index in [-0.39, 0.29) is 5.69 Å². The predicted molar refractivity (Wildman–Crippen MR) is 69.9 cm³/mol. The molecule has 0 aromatic heterocycles. The zero-order valence-corrected chi connectivity index (χ0v) is 11.8. The number of benzene rings is 1. The fourth-order valence-corrected chi connectivity index (χ4v) is 2.04. The zero-order valence-electron chi connectivity index (χ0n) is 11.0. The second-order valence-electron chi connectivity index (χ2n) is 4.48. The summed E-state index contributed by atoms with van der Waals surface area (Å²) in [7, 11) is -0.596. The first-order chi connectivity index (χ1) is 9.01. The smallest absolute Gasteiger partial charge is 0.383 e. The van der Waals surface area contributed by atoms with E-state index in [1.54, 1.807) is 19.0 Å². The maximum absolute atomic E-state index is 12.9. The van der Waals surface area contributed by atoms with Gasteiger partial charge in [-0.15, -0.1) is 0 Å². The van der Waals surface area contributed by atoms with Gasteiger partial charge in [-0.05, 0) is 32.3 Å². The summed E-state index contributed by atoms with van der Waals surface area (Å²) in [5, 5.41) is 7.47. The summed E-state index contributed by atoms with van der Waals surface area (Å²) in [5.74, 6) is 0. The molecule has 0 amide bonds. The number of likely N-dealkylation sites (N-methyl/N-ethyl adjacent to an activating group) is 1. The SMILES string of the molecule is CN(C)CCNc1ccc(S(N)(=O)=O)cc1C(F)(F)F. The lowest BCUT2D eigenvalue weighted by molar-refractivity contribution is -0.137. The van der Waals surface area contributed by atoms with E-state index in [1.165, 1.54) is 0 Å². The molecule has 0 saturated carbocycles. The molecular formula is C11H16F3N3O2S. The fraction of sp³-hybridized carbons (Fsp3) is 0.455. The minimum Gasteiger partial charge on any atom is -0.383 e. The Hall–Kier alpha value is -1.32. The third-order valence-corrected chi connectivity index (χ3v) is 3.41. The molecule has 1 aromatic rings. The molecule has 0 atom stereocenters. The van der Waals surface area contributed by atoms with Gasteiger partial charge in [0, 0.05) is 18.8 Å². The second-order valence-corrected chi connectivity index (χ2v) is 6.04. The second kappa shape index (κ2) is 5.98. The van der Waals surface area contributed by atoms with Crippen LogP contribution in [0.1, 0.15) is 5.56 Å². The van der Waals surface area contributed by atoms with Crippen molar-refractivity contribution in [1.82, 2.24) is 4.90 Å². The van der Waals surface area contributed by atoms with Crippen LogP contribution in [0.5, 0.6) is 0 Å². The van der Waals surface area contributed by atoms with Gasteiger partial charge in [-0.25, -0.2) is 13.6 Å². The first-order valence-electron chi connectivity index (χ1n) is 5.64. The maximum atomic E-state index is 12.9. The van der Waals surface area contributed by atoms with Crippen LogP contribution in [0.15, 0.2) is 23.1 Å². The van der Waals surface area contributed by atoms with E-state index in [0.29, 0.717) is 19.2 Å². The monoisotopic (exact) mass is 311 g/mol. The number of sulfonamides is 1. The molecule has 0 radical (unpaired) electrons. The van der Waals surface area contributed by atoms with Crippen LogP contribution < -0.4 is 10.5 Å². The number of halogens is 3. The van der Waals surface area contributed by atoms with Gasteiger partial charge < -0.3 is 10.2 Å². The van der Waals surface area contributed by atoms with Crippen LogP contribution in [0.3, 0.4) is 0 Å². The summed E-state index contributed by atoms with van der Waals surface area (Å²) in [6, 6.07) is 2.65. The van der Waals surface area contributed by atoms with E-state index in [9.17, 15) is 21.6 Å². The molecular weight excluding hydrogens is 295 g/mol. The molecule has 9 heteroatoms. The Kier molecular flexibility index (Phi) is 5.00. The number of primary sulfonamides is 1. The Morgan fingerprint density at radius 1 is 1.30 bits per heavy atom. The first-order valence-corrected chi connectivity index (χ1v) is 7.19. The van der Waals surface area contributed by atoms with Gasteiger partial charge in [-0.1, -0.05) is 0 Å². The lowest BCUT2D eigenvalue weighted by Gasteiger charge is -2.17. The van der Waals surface area contributed by atoms with E-state index in [2.05, 4.69) is 5.32 Å². The molecule has 0 fully saturated rings. The Balaban J connectivity index is 3.12. The van der Waals surface area contributed by atoms with Crippen LogP contribution in [0, 0.1) is 0 Å². The molecule has 20 heavy (non-hydrogen) atoms. The molecule has 3 N–H and O–H groups in total. The van der Waals surface area contributed by atoms with Crippen LogP contribution in [0.2, 0.25) is 0 Å². The summed E-state index contributed by atoms with van der Waals surface area (Å²) >= 11 is 0. The van der Waals surface area contributed by atoms with Gasteiger partial charge in [0.1, 0.15) is 0 Å². The zero-order chi connectivity index (χ0) is 15.6. The number of hydrogen-bond donors (Lipinski definition) is 2. The third-order valence-electron chi connectivity index (χ3n) is 2.50. The fourth-order valence-electron chi connectivity index (χ4n) is 1.50. The summed E-state index contributed by atoms with van der Waals surface area (Å²) in [6.07, 6.45) is -4.67. The largest absolute Gasteiger partial charge is 0.418 e. The van der Waals surface area contributed by atoms with Crippen LogP contribution in [-0.2, 0) is 16.2 Å². The van der Waals surface area contributed by atoms with Gasteiger partial charge >= 0.3 is 6.18 Å². The number of hydrogen-bond acceptors (Lipinski definition) is 4. The highest BCUT2D eigenvalue weighted by Gasteiger charge is 2.34. The molecule has 0 aliphatic heterocycles. The number of rotatable bonds is 5. The highest BCUT2D eigenvalue weighted by Crippen LogP contribution is 2.36. The number of nitrogens with two attached hydrogens (primary N) is 1. The Labute approximate surface area is 115 Å². The van der Waals surface area contributed by atoms with Crippen molar-refractivity contribution in [2.24, 2.45) is 5.14 Å². The molecule has 0 heterocycles. The van der Waals surface area contributed by atoms with Crippen molar-refractivity contribution in [3.63, 3.8) is 0 Å². The summed E-state index contributed by atoms with van der Waals surface area (Å²) in [4.78, 5) is 1.24. The Bertz CT molecular complexity index is 571. The summed E-state index contributed by atoms with van der Waals surface area (Å²) in [6.45, 7) is 0.832. The maximum Gasteiger partial charge on any atom is 0.418 e. The summed E-state index contributed by atoms with van der Waals surface area (Å²) < 4.78 is 61.0. The van der Waals surface area contributed by atoms with E-state index >= 15 is 0 Å². The first kappa shape index (κ1) is 16.7. The van der Waals surface area contributed by atoms with E-state index < -0.39 is 26.7 Å². The van der Waals surface area contributed by atoms with Gasteiger partial charge in [0.05, 0.1) is 10.5 Å². The van der Waals surface area contributed by atoms with Crippen LogP contribution in [0.4, 0.5) is 18.9 Å². The minimum absolute atomic E-state index is 0.174. The average molecular weight is 311 g/mol. The average Bonchev–Trinajstić information content (AvgIpc) is 2.25. The number of alkyl halides is 3. The predicted octanol–water partition coefficient (Wildman–Crippen LogP) is 1.33. The minimum atomic E-state index is -4.67. The standard InChI is InChI=1S/C11H16F3N3O2S/c1-17(2)6-5-16-10-4-3-8(20(15,18)19)7-9(10)11(12,13)14/h3-4,7,16H,5-6H2,1-2H3,(H2,15,18,19). The van der Waals surface area contributed by atoms with Crippen LogP contribution in [0.25, 0.3) is 0 Å². The molecule has 1 aromatic carbocycles. The van der Waals surface area contributed by atoms with Crippen molar-refractivity contribution in [1.29, 1.82) is 0 Å². The van der Waals surface area contributed by atoms with E-state index in [0.717, 1.165) is 12.1 Å². The van der Waals surface area contributed by atoms with Crippen molar-refractivity contribution >= 4 is 15.7 Å². The van der Waals surface area contributed by atoms with Gasteiger partial charge in [0.15, 0.2) is 0 Å². The van der Waals surface area contributed by atoms with Crippen molar-refractivity contribution < 1.29 is 21.6 Å². The van der Waals surface area contributed by atoms with Gasteiger partial charge in [0.2, 0.25) is 10.0 Å². The number of anilines is 1. The molecule has 0 spiro atoms. The molecule has 0 aliphatic carbocycles. The number of nitrogens with zero attached hydrogens (tertiary/aromatic N) is 1. The quantitative estimate of drug-likeness (QED) is 0.860. The normalized spacial score (nSPS) is 12.8. The van der Waals surface area contributed by atoms with Crippen LogP contribution in [-0.4, -0.2) is 40.5 Å². The van der Waals surface area contributed by atoms with Gasteiger partial charge in [-0.2, -0.15) is 13.2 Å². The lowest BCUT2D eigenvalue weighted by atomic mass is 10.1. The highest BCUT2D eigenvalue weighted by atomic mass is 32.2. The molecule has 0 saturated heterocycles. The van der Waals surface area contributed by atoms with Crippen molar-refractivity contribution in [2.75, 3.05) is 32.5 Å². The molecule has 0 bridgehead atoms. The molecule has 5 nitrogen and oxygen atoms in total. The lowest BCUT2D eigenvalue weighted by Crippen LogP contribution is -2.22.